The molecule has 2 rings (SSSR count). The van der Waals surface area contributed by atoms with Crippen LogP contribution in [0.25, 0.3) is 0 Å². The summed E-state index contributed by atoms with van der Waals surface area (Å²) in [5.74, 6) is 3.84. The molecule has 1 aromatic carbocycles. The van der Waals surface area contributed by atoms with Crippen molar-refractivity contribution in [2.24, 2.45) is 11.7 Å². The second-order valence-electron chi connectivity index (χ2n) is 4.34. The lowest BCUT2D eigenvalue weighted by molar-refractivity contribution is 0.401. The highest BCUT2D eigenvalue weighted by molar-refractivity contribution is 7.99. The predicted molar refractivity (Wildman–Crippen MR) is 73.3 cm³/mol. The van der Waals surface area contributed by atoms with Gasteiger partial charge in [0.2, 0.25) is 0 Å². The van der Waals surface area contributed by atoms with E-state index in [1.54, 1.807) is 0 Å². The first-order chi connectivity index (χ1) is 7.81. The van der Waals surface area contributed by atoms with E-state index in [2.05, 4.69) is 23.9 Å². The number of thioether (sulfide) groups is 1. The Morgan fingerprint density at radius 3 is 2.44 bits per heavy atom. The summed E-state index contributed by atoms with van der Waals surface area (Å²) in [6.45, 7) is 0.747. The number of rotatable bonds is 3. The van der Waals surface area contributed by atoms with Crippen LogP contribution >= 0.6 is 23.4 Å². The molecule has 1 saturated heterocycles. The quantitative estimate of drug-likeness (QED) is 0.894. The summed E-state index contributed by atoms with van der Waals surface area (Å²) in [4.78, 5) is 0. The largest absolute Gasteiger partial charge is 0.330 e. The summed E-state index contributed by atoms with van der Waals surface area (Å²) < 4.78 is 0. The maximum atomic E-state index is 5.93. The third-order valence-electron chi connectivity index (χ3n) is 3.39. The molecule has 16 heavy (non-hydrogen) atoms. The van der Waals surface area contributed by atoms with Crippen LogP contribution in [-0.4, -0.2) is 18.1 Å². The molecule has 1 aliphatic rings. The SMILES string of the molecule is NCC(c1ccc(Cl)cc1)C1CCSCC1. The van der Waals surface area contributed by atoms with Gasteiger partial charge in [-0.05, 0) is 60.4 Å². The zero-order chi connectivity index (χ0) is 11.4. The highest BCUT2D eigenvalue weighted by Crippen LogP contribution is 2.34. The lowest BCUT2D eigenvalue weighted by Crippen LogP contribution is -2.24. The van der Waals surface area contributed by atoms with E-state index in [-0.39, 0.29) is 0 Å². The number of nitrogens with two attached hydrogens (primary N) is 1. The van der Waals surface area contributed by atoms with Gasteiger partial charge in [-0.15, -0.1) is 0 Å². The smallest absolute Gasteiger partial charge is 0.0406 e. The molecule has 1 fully saturated rings. The van der Waals surface area contributed by atoms with Gasteiger partial charge in [0, 0.05) is 5.02 Å². The van der Waals surface area contributed by atoms with Crippen molar-refractivity contribution in [2.45, 2.75) is 18.8 Å². The molecule has 1 unspecified atom stereocenters. The monoisotopic (exact) mass is 255 g/mol. The number of hydrogen-bond acceptors (Lipinski definition) is 2. The molecular weight excluding hydrogens is 238 g/mol. The van der Waals surface area contributed by atoms with Crippen molar-refractivity contribution in [3.05, 3.63) is 34.9 Å². The molecule has 1 heterocycles. The minimum Gasteiger partial charge on any atom is -0.330 e. The summed E-state index contributed by atoms with van der Waals surface area (Å²) in [6.07, 6.45) is 2.60. The van der Waals surface area contributed by atoms with Gasteiger partial charge in [0.25, 0.3) is 0 Å². The Bertz CT molecular complexity index is 319. The van der Waals surface area contributed by atoms with E-state index in [0.717, 1.165) is 17.5 Å². The molecular formula is C13H18ClNS. The Balaban J connectivity index is 2.11. The van der Waals surface area contributed by atoms with E-state index in [9.17, 15) is 0 Å². The average Bonchev–Trinajstić information content (AvgIpc) is 2.34. The highest BCUT2D eigenvalue weighted by atomic mass is 35.5. The van der Waals surface area contributed by atoms with Crippen LogP contribution < -0.4 is 5.73 Å². The van der Waals surface area contributed by atoms with Gasteiger partial charge in [0.15, 0.2) is 0 Å². The molecule has 0 spiro atoms. The van der Waals surface area contributed by atoms with E-state index in [0.29, 0.717) is 5.92 Å². The van der Waals surface area contributed by atoms with E-state index in [1.807, 2.05) is 12.1 Å². The van der Waals surface area contributed by atoms with E-state index in [1.165, 1.54) is 29.9 Å². The van der Waals surface area contributed by atoms with Crippen molar-refractivity contribution in [3.63, 3.8) is 0 Å². The first kappa shape index (κ1) is 12.3. The molecule has 2 N–H and O–H groups in total. The highest BCUT2D eigenvalue weighted by Gasteiger charge is 2.23. The fourth-order valence-electron chi connectivity index (χ4n) is 2.43. The minimum absolute atomic E-state index is 0.512. The maximum Gasteiger partial charge on any atom is 0.0406 e. The van der Waals surface area contributed by atoms with Crippen LogP contribution in [0.5, 0.6) is 0 Å². The Kier molecular flexibility index (Phi) is 4.56. The van der Waals surface area contributed by atoms with E-state index in [4.69, 9.17) is 17.3 Å². The summed E-state index contributed by atoms with van der Waals surface area (Å²) in [6, 6.07) is 8.19. The molecule has 1 aromatic rings. The third kappa shape index (κ3) is 2.93. The number of hydrogen-bond donors (Lipinski definition) is 1. The van der Waals surface area contributed by atoms with Gasteiger partial charge in [-0.25, -0.2) is 0 Å². The van der Waals surface area contributed by atoms with Crippen LogP contribution in [0.1, 0.15) is 24.3 Å². The molecule has 1 aliphatic heterocycles. The van der Waals surface area contributed by atoms with Gasteiger partial charge < -0.3 is 5.73 Å². The van der Waals surface area contributed by atoms with Crippen LogP contribution in [-0.2, 0) is 0 Å². The standard InChI is InChI=1S/C13H18ClNS/c14-12-3-1-10(2-4-12)13(9-15)11-5-7-16-8-6-11/h1-4,11,13H,5-9,15H2. The Morgan fingerprint density at radius 1 is 1.25 bits per heavy atom. The second kappa shape index (κ2) is 5.95. The molecule has 3 heteroatoms. The number of halogens is 1. The van der Waals surface area contributed by atoms with Crippen LogP contribution in [0.2, 0.25) is 5.02 Å². The molecule has 0 bridgehead atoms. The van der Waals surface area contributed by atoms with E-state index >= 15 is 0 Å². The molecule has 0 saturated carbocycles. The molecule has 1 nitrogen and oxygen atoms in total. The van der Waals surface area contributed by atoms with Gasteiger partial charge in [-0.1, -0.05) is 23.7 Å². The first-order valence-electron chi connectivity index (χ1n) is 5.84. The predicted octanol–water partition coefficient (Wildman–Crippen LogP) is 3.53. The lowest BCUT2D eigenvalue weighted by Gasteiger charge is -2.29. The summed E-state index contributed by atoms with van der Waals surface area (Å²) >= 11 is 7.97. The van der Waals surface area contributed by atoms with Crippen LogP contribution in [0.4, 0.5) is 0 Å². The molecule has 88 valence electrons. The summed E-state index contributed by atoms with van der Waals surface area (Å²) in [5, 5.41) is 0.804. The Morgan fingerprint density at radius 2 is 1.88 bits per heavy atom. The fourth-order valence-corrected chi connectivity index (χ4v) is 3.70. The third-order valence-corrected chi connectivity index (χ3v) is 4.69. The van der Waals surface area contributed by atoms with E-state index < -0.39 is 0 Å². The van der Waals surface area contributed by atoms with Gasteiger partial charge in [-0.3, -0.25) is 0 Å². The first-order valence-corrected chi connectivity index (χ1v) is 7.38. The van der Waals surface area contributed by atoms with Crippen molar-refractivity contribution in [1.82, 2.24) is 0 Å². The zero-order valence-corrected chi connectivity index (χ0v) is 10.9. The van der Waals surface area contributed by atoms with Crippen molar-refractivity contribution >= 4 is 23.4 Å². The van der Waals surface area contributed by atoms with Gasteiger partial charge in [0.1, 0.15) is 0 Å². The normalized spacial score (nSPS) is 19.6. The van der Waals surface area contributed by atoms with Crippen LogP contribution in [0.15, 0.2) is 24.3 Å². The Hall–Kier alpha value is -0.180. The molecule has 0 amide bonds. The summed E-state index contributed by atoms with van der Waals surface area (Å²) in [7, 11) is 0. The maximum absolute atomic E-state index is 5.93. The average molecular weight is 256 g/mol. The molecule has 1 atom stereocenters. The van der Waals surface area contributed by atoms with Crippen molar-refractivity contribution in [3.8, 4) is 0 Å². The van der Waals surface area contributed by atoms with Gasteiger partial charge >= 0.3 is 0 Å². The number of benzene rings is 1. The Labute approximate surface area is 107 Å². The lowest BCUT2D eigenvalue weighted by atomic mass is 9.82. The zero-order valence-electron chi connectivity index (χ0n) is 9.36. The topological polar surface area (TPSA) is 26.0 Å². The van der Waals surface area contributed by atoms with Crippen molar-refractivity contribution < 1.29 is 0 Å². The molecule has 0 aromatic heterocycles. The van der Waals surface area contributed by atoms with Crippen molar-refractivity contribution in [2.75, 3.05) is 18.1 Å². The molecule has 0 radical (unpaired) electrons. The summed E-state index contributed by atoms with van der Waals surface area (Å²) in [5.41, 5.74) is 7.28. The van der Waals surface area contributed by atoms with Gasteiger partial charge in [-0.2, -0.15) is 11.8 Å². The minimum atomic E-state index is 0.512. The molecule has 0 aliphatic carbocycles. The van der Waals surface area contributed by atoms with Gasteiger partial charge in [0.05, 0.1) is 0 Å². The second-order valence-corrected chi connectivity index (χ2v) is 6.00. The van der Waals surface area contributed by atoms with Crippen LogP contribution in [0, 0.1) is 5.92 Å². The fraction of sp³-hybridized carbons (Fsp3) is 0.538. The van der Waals surface area contributed by atoms with Crippen molar-refractivity contribution in [1.29, 1.82) is 0 Å². The van der Waals surface area contributed by atoms with Crippen LogP contribution in [0.3, 0.4) is 0 Å².